The van der Waals surface area contributed by atoms with E-state index in [0.29, 0.717) is 23.6 Å². The average Bonchev–Trinajstić information content (AvgIpc) is 3.09. The molecule has 1 aliphatic heterocycles. The highest BCUT2D eigenvalue weighted by atomic mass is 35.5. The quantitative estimate of drug-likeness (QED) is 0.638. The van der Waals surface area contributed by atoms with Crippen molar-refractivity contribution in [1.82, 2.24) is 4.98 Å². The number of halogens is 1. The lowest BCUT2D eigenvalue weighted by atomic mass is 9.95. The summed E-state index contributed by atoms with van der Waals surface area (Å²) in [6.07, 6.45) is 3.15. The number of anilines is 1. The van der Waals surface area contributed by atoms with Gasteiger partial charge in [-0.25, -0.2) is 0 Å². The third kappa shape index (κ3) is 3.36. The summed E-state index contributed by atoms with van der Waals surface area (Å²) in [5.74, 6) is 0.306. The summed E-state index contributed by atoms with van der Waals surface area (Å²) in [6, 6.07) is 13.3. The van der Waals surface area contributed by atoms with E-state index in [2.05, 4.69) is 4.98 Å². The van der Waals surface area contributed by atoms with E-state index >= 15 is 0 Å². The molecule has 0 saturated carbocycles. The number of rotatable bonds is 3. The Labute approximate surface area is 169 Å². The highest BCUT2D eigenvalue weighted by Gasteiger charge is 2.24. The van der Waals surface area contributed by atoms with Crippen LogP contribution in [0.25, 0.3) is 22.3 Å². The highest BCUT2D eigenvalue weighted by molar-refractivity contribution is 6.34. The molecule has 0 radical (unpaired) electrons. The van der Waals surface area contributed by atoms with Gasteiger partial charge in [-0.1, -0.05) is 17.7 Å². The molecule has 4 rings (SSSR count). The van der Waals surface area contributed by atoms with E-state index in [-0.39, 0.29) is 11.7 Å². The first kappa shape index (κ1) is 18.5. The van der Waals surface area contributed by atoms with Crippen molar-refractivity contribution in [3.8, 4) is 28.0 Å². The Hall–Kier alpha value is -2.85. The smallest absolute Gasteiger partial charge is 0.227 e. The van der Waals surface area contributed by atoms with Crippen LogP contribution in [0, 0.1) is 13.8 Å². The summed E-state index contributed by atoms with van der Waals surface area (Å²) in [4.78, 5) is 18.0. The van der Waals surface area contributed by atoms with Gasteiger partial charge in [-0.3, -0.25) is 9.78 Å². The van der Waals surface area contributed by atoms with Gasteiger partial charge in [0.1, 0.15) is 5.75 Å². The molecule has 0 bridgehead atoms. The first-order valence-electron chi connectivity index (χ1n) is 9.31. The predicted octanol–water partition coefficient (Wildman–Crippen LogP) is 5.52. The number of hydrogen-bond acceptors (Lipinski definition) is 3. The lowest BCUT2D eigenvalue weighted by molar-refractivity contribution is -0.117. The van der Waals surface area contributed by atoms with Gasteiger partial charge >= 0.3 is 0 Å². The topological polar surface area (TPSA) is 53.4 Å². The van der Waals surface area contributed by atoms with Crippen LogP contribution in [-0.4, -0.2) is 22.5 Å². The third-order valence-electron chi connectivity index (χ3n) is 5.08. The lowest BCUT2D eigenvalue weighted by Gasteiger charge is -2.19. The van der Waals surface area contributed by atoms with Crippen LogP contribution in [0.4, 0.5) is 5.69 Å². The molecular formula is C23H21ClN2O2. The summed E-state index contributed by atoms with van der Waals surface area (Å²) in [7, 11) is 0. The van der Waals surface area contributed by atoms with Crippen molar-refractivity contribution in [2.45, 2.75) is 26.7 Å². The Morgan fingerprint density at radius 1 is 1.04 bits per heavy atom. The average molecular weight is 393 g/mol. The minimum Gasteiger partial charge on any atom is -0.507 e. The Morgan fingerprint density at radius 2 is 1.75 bits per heavy atom. The SMILES string of the molecule is Cc1cc(-c2ccnc(C)c2)c(O)c(-c2ccc(N3CCCC3=O)c(Cl)c2)c1. The van der Waals surface area contributed by atoms with Gasteiger partial charge in [0, 0.05) is 36.0 Å². The number of carbonyl (C=O) groups excluding carboxylic acids is 1. The summed E-state index contributed by atoms with van der Waals surface area (Å²) >= 11 is 6.51. The van der Waals surface area contributed by atoms with Crippen LogP contribution in [-0.2, 0) is 4.79 Å². The zero-order chi connectivity index (χ0) is 19.8. The van der Waals surface area contributed by atoms with E-state index < -0.39 is 0 Å². The normalized spacial score (nSPS) is 14.0. The van der Waals surface area contributed by atoms with Gasteiger partial charge in [0.05, 0.1) is 10.7 Å². The van der Waals surface area contributed by atoms with Crippen molar-refractivity contribution in [2.24, 2.45) is 0 Å². The van der Waals surface area contributed by atoms with E-state index in [1.807, 2.05) is 56.3 Å². The zero-order valence-corrected chi connectivity index (χ0v) is 16.6. The number of phenolic OH excluding ortho intramolecular Hbond substituents is 1. The number of nitrogens with zero attached hydrogens (tertiary/aromatic N) is 2. The second-order valence-electron chi connectivity index (χ2n) is 7.21. The fourth-order valence-electron chi connectivity index (χ4n) is 3.73. The highest BCUT2D eigenvalue weighted by Crippen LogP contribution is 2.41. The van der Waals surface area contributed by atoms with Gasteiger partial charge in [0.2, 0.25) is 5.91 Å². The van der Waals surface area contributed by atoms with Crippen LogP contribution in [0.3, 0.4) is 0 Å². The molecule has 142 valence electrons. The van der Waals surface area contributed by atoms with Crippen molar-refractivity contribution in [3.63, 3.8) is 0 Å². The van der Waals surface area contributed by atoms with E-state index in [0.717, 1.165) is 40.1 Å². The molecule has 1 saturated heterocycles. The number of phenols is 1. The molecule has 2 heterocycles. The lowest BCUT2D eigenvalue weighted by Crippen LogP contribution is -2.23. The zero-order valence-electron chi connectivity index (χ0n) is 15.9. The van der Waals surface area contributed by atoms with E-state index in [1.165, 1.54) is 0 Å². The number of amides is 1. The summed E-state index contributed by atoms with van der Waals surface area (Å²) < 4.78 is 0. The first-order chi connectivity index (χ1) is 13.4. The molecule has 0 aliphatic carbocycles. The van der Waals surface area contributed by atoms with Crippen LogP contribution in [0.1, 0.15) is 24.1 Å². The third-order valence-corrected chi connectivity index (χ3v) is 5.39. The van der Waals surface area contributed by atoms with Gasteiger partial charge in [-0.05, 0) is 73.4 Å². The molecule has 4 nitrogen and oxygen atoms in total. The molecular weight excluding hydrogens is 372 g/mol. The van der Waals surface area contributed by atoms with Crippen molar-refractivity contribution >= 4 is 23.2 Å². The maximum Gasteiger partial charge on any atom is 0.227 e. The number of aromatic hydroxyl groups is 1. The largest absolute Gasteiger partial charge is 0.507 e. The monoisotopic (exact) mass is 392 g/mol. The van der Waals surface area contributed by atoms with Crippen LogP contribution < -0.4 is 4.90 Å². The van der Waals surface area contributed by atoms with Crippen molar-refractivity contribution in [2.75, 3.05) is 11.4 Å². The molecule has 1 aromatic heterocycles. The number of pyridine rings is 1. The van der Waals surface area contributed by atoms with Crippen LogP contribution >= 0.6 is 11.6 Å². The molecule has 0 spiro atoms. The molecule has 1 N–H and O–H groups in total. The fourth-order valence-corrected chi connectivity index (χ4v) is 4.01. The van der Waals surface area contributed by atoms with Crippen LogP contribution in [0.15, 0.2) is 48.7 Å². The molecule has 1 amide bonds. The summed E-state index contributed by atoms with van der Waals surface area (Å²) in [6.45, 7) is 4.62. The Kier molecular flexibility index (Phi) is 4.82. The van der Waals surface area contributed by atoms with Gasteiger partial charge in [-0.15, -0.1) is 0 Å². The molecule has 0 unspecified atom stereocenters. The molecule has 3 aromatic rings. The summed E-state index contributed by atoms with van der Waals surface area (Å²) in [5.41, 5.74) is 5.86. The van der Waals surface area contributed by atoms with Crippen LogP contribution in [0.2, 0.25) is 5.02 Å². The van der Waals surface area contributed by atoms with Crippen molar-refractivity contribution in [1.29, 1.82) is 0 Å². The number of aryl methyl sites for hydroxylation is 2. The Bertz CT molecular complexity index is 1080. The van der Waals surface area contributed by atoms with Gasteiger partial charge in [0.25, 0.3) is 0 Å². The predicted molar refractivity (Wildman–Crippen MR) is 113 cm³/mol. The van der Waals surface area contributed by atoms with Crippen molar-refractivity contribution < 1.29 is 9.90 Å². The number of hydrogen-bond donors (Lipinski definition) is 1. The molecule has 0 atom stereocenters. The van der Waals surface area contributed by atoms with E-state index in [4.69, 9.17) is 11.6 Å². The fraction of sp³-hybridized carbons (Fsp3) is 0.217. The number of benzene rings is 2. The van der Waals surface area contributed by atoms with Crippen molar-refractivity contribution in [3.05, 3.63) is 64.9 Å². The number of carbonyl (C=O) groups is 1. The van der Waals surface area contributed by atoms with Gasteiger partial charge in [0.15, 0.2) is 0 Å². The van der Waals surface area contributed by atoms with Gasteiger partial charge in [-0.2, -0.15) is 0 Å². The van der Waals surface area contributed by atoms with E-state index in [1.54, 1.807) is 11.1 Å². The second-order valence-corrected chi connectivity index (χ2v) is 7.62. The van der Waals surface area contributed by atoms with E-state index in [9.17, 15) is 9.90 Å². The molecule has 1 fully saturated rings. The maximum absolute atomic E-state index is 12.0. The standard InChI is InChI=1S/C23H21ClN2O2/c1-14-10-18(23(28)19(11-14)17-7-8-25-15(2)12-17)16-5-6-21(20(24)13-16)26-9-3-4-22(26)27/h5-8,10-13,28H,3-4,9H2,1-2H3. The molecule has 1 aliphatic rings. The maximum atomic E-state index is 12.0. The molecule has 5 heteroatoms. The minimum absolute atomic E-state index is 0.100. The molecule has 2 aromatic carbocycles. The van der Waals surface area contributed by atoms with Crippen LogP contribution in [0.5, 0.6) is 5.75 Å². The minimum atomic E-state index is 0.100. The first-order valence-corrected chi connectivity index (χ1v) is 9.69. The summed E-state index contributed by atoms with van der Waals surface area (Å²) in [5, 5.41) is 11.5. The second kappa shape index (κ2) is 7.28. The van der Waals surface area contributed by atoms with Gasteiger partial charge < -0.3 is 10.0 Å². The molecule has 28 heavy (non-hydrogen) atoms. The Balaban J connectivity index is 1.79. The Morgan fingerprint density at radius 3 is 2.36 bits per heavy atom. The number of aromatic nitrogens is 1.